The lowest BCUT2D eigenvalue weighted by Crippen LogP contribution is -2.64. The molecule has 2 aromatic carbocycles. The predicted molar refractivity (Wildman–Crippen MR) is 124 cm³/mol. The highest BCUT2D eigenvalue weighted by Crippen LogP contribution is 2.39. The van der Waals surface area contributed by atoms with Gasteiger partial charge in [-0.05, 0) is 31.5 Å². The maximum Gasteiger partial charge on any atom is 0.358 e. The minimum atomic E-state index is -1.36. The third-order valence-electron chi connectivity index (χ3n) is 6.04. The van der Waals surface area contributed by atoms with Crippen LogP contribution in [-0.2, 0) is 22.6 Å². The molecule has 2 amide bonds. The van der Waals surface area contributed by atoms with E-state index in [0.717, 1.165) is 5.56 Å². The fraction of sp³-hybridized carbons (Fsp3) is 0.280. The van der Waals surface area contributed by atoms with Gasteiger partial charge in [0.25, 0.3) is 5.91 Å². The van der Waals surface area contributed by atoms with E-state index in [-0.39, 0.29) is 37.2 Å². The average molecular weight is 476 g/mol. The Morgan fingerprint density at radius 1 is 1.11 bits per heavy atom. The molecular weight excluding hydrogens is 452 g/mol. The summed E-state index contributed by atoms with van der Waals surface area (Å²) in [5.41, 5.74) is 0.214. The molecule has 0 bridgehead atoms. The van der Waals surface area contributed by atoms with Crippen LogP contribution in [0.15, 0.2) is 54.6 Å². The van der Waals surface area contributed by atoms with Crippen LogP contribution < -0.4 is 19.7 Å². The smallest absolute Gasteiger partial charge is 0.358 e. The Bertz CT molecular complexity index is 1300. The molecule has 0 saturated carbocycles. The molecule has 1 aromatic heterocycles. The number of fused-ring (bicyclic) bond motifs is 2. The average Bonchev–Trinajstić information content (AvgIpc) is 3.50. The summed E-state index contributed by atoms with van der Waals surface area (Å²) in [6.07, 6.45) is 0. The number of benzene rings is 2. The molecule has 3 aromatic rings. The zero-order chi connectivity index (χ0) is 24.6. The molecule has 1 N–H and O–H groups in total. The van der Waals surface area contributed by atoms with E-state index in [4.69, 9.17) is 14.2 Å². The standard InChI is InChI=1S/C25H24N4O6/c1-3-33-23(31)18-12-19-22(30)29(17-9-10-20-21(11-17)35-15-34-20)25(2,14-28(19)27-18)24(32)26-13-16-7-5-4-6-8-16/h4-12H,3,13-15H2,1-2H3,(H,26,32). The van der Waals surface area contributed by atoms with Crippen molar-refractivity contribution in [1.29, 1.82) is 0 Å². The van der Waals surface area contributed by atoms with Gasteiger partial charge in [-0.1, -0.05) is 30.3 Å². The van der Waals surface area contributed by atoms with Crippen molar-refractivity contribution < 1.29 is 28.6 Å². The van der Waals surface area contributed by atoms with E-state index in [1.807, 2.05) is 30.3 Å². The van der Waals surface area contributed by atoms with E-state index < -0.39 is 17.4 Å². The molecule has 0 radical (unpaired) electrons. The first-order valence-corrected chi connectivity index (χ1v) is 11.2. The summed E-state index contributed by atoms with van der Waals surface area (Å²) in [6, 6.07) is 15.9. The molecule has 0 aliphatic carbocycles. The van der Waals surface area contributed by atoms with Gasteiger partial charge < -0.3 is 19.5 Å². The number of hydrogen-bond donors (Lipinski definition) is 1. The number of carbonyl (C=O) groups excluding carboxylic acids is 3. The van der Waals surface area contributed by atoms with Crippen LogP contribution in [0, 0.1) is 0 Å². The van der Waals surface area contributed by atoms with Crippen LogP contribution in [0.4, 0.5) is 5.69 Å². The van der Waals surface area contributed by atoms with Crippen LogP contribution in [0.5, 0.6) is 11.5 Å². The first-order valence-electron chi connectivity index (χ1n) is 11.2. The topological polar surface area (TPSA) is 112 Å². The third-order valence-corrected chi connectivity index (χ3v) is 6.04. The van der Waals surface area contributed by atoms with Crippen molar-refractivity contribution in [3.63, 3.8) is 0 Å². The summed E-state index contributed by atoms with van der Waals surface area (Å²) in [5.74, 6) is -0.439. The molecule has 3 heterocycles. The van der Waals surface area contributed by atoms with Gasteiger partial charge in [0.15, 0.2) is 17.2 Å². The Morgan fingerprint density at radius 2 is 1.89 bits per heavy atom. The van der Waals surface area contributed by atoms with E-state index in [1.54, 1.807) is 32.0 Å². The van der Waals surface area contributed by atoms with Crippen molar-refractivity contribution in [3.05, 3.63) is 71.5 Å². The molecule has 1 unspecified atom stereocenters. The zero-order valence-electron chi connectivity index (χ0n) is 19.3. The lowest BCUT2D eigenvalue weighted by molar-refractivity contribution is -0.126. The van der Waals surface area contributed by atoms with Crippen LogP contribution in [0.1, 0.15) is 40.4 Å². The second kappa shape index (κ2) is 8.79. The van der Waals surface area contributed by atoms with Gasteiger partial charge in [0.2, 0.25) is 12.7 Å². The number of carbonyl (C=O) groups is 3. The van der Waals surface area contributed by atoms with Gasteiger partial charge in [0.05, 0.1) is 13.2 Å². The summed E-state index contributed by atoms with van der Waals surface area (Å²) >= 11 is 0. The largest absolute Gasteiger partial charge is 0.461 e. The molecular formula is C25H24N4O6. The van der Waals surface area contributed by atoms with Crippen LogP contribution in [-0.4, -0.2) is 46.5 Å². The van der Waals surface area contributed by atoms with Crippen molar-refractivity contribution in [2.24, 2.45) is 0 Å². The number of esters is 1. The summed E-state index contributed by atoms with van der Waals surface area (Å²) in [7, 11) is 0. The molecule has 180 valence electrons. The number of rotatable bonds is 6. The highest BCUT2D eigenvalue weighted by Gasteiger charge is 2.49. The lowest BCUT2D eigenvalue weighted by atomic mass is 9.93. The zero-order valence-corrected chi connectivity index (χ0v) is 19.3. The van der Waals surface area contributed by atoms with Gasteiger partial charge in [-0.25, -0.2) is 4.79 Å². The van der Waals surface area contributed by atoms with Crippen molar-refractivity contribution in [3.8, 4) is 11.5 Å². The number of hydrogen-bond acceptors (Lipinski definition) is 7. The molecule has 5 rings (SSSR count). The number of nitrogens with one attached hydrogen (secondary N) is 1. The van der Waals surface area contributed by atoms with E-state index in [0.29, 0.717) is 23.7 Å². The van der Waals surface area contributed by atoms with Gasteiger partial charge in [-0.15, -0.1) is 0 Å². The summed E-state index contributed by atoms with van der Waals surface area (Å²) in [6.45, 7) is 3.94. The normalized spacial score (nSPS) is 18.2. The van der Waals surface area contributed by atoms with Gasteiger partial charge in [0.1, 0.15) is 11.2 Å². The second-order valence-corrected chi connectivity index (χ2v) is 8.41. The summed E-state index contributed by atoms with van der Waals surface area (Å²) < 4.78 is 17.3. The van der Waals surface area contributed by atoms with Gasteiger partial charge in [0, 0.05) is 24.4 Å². The summed E-state index contributed by atoms with van der Waals surface area (Å²) in [4.78, 5) is 41.1. The molecule has 0 spiro atoms. The van der Waals surface area contributed by atoms with E-state index >= 15 is 0 Å². The molecule has 2 aliphatic heterocycles. The molecule has 10 heteroatoms. The lowest BCUT2D eigenvalue weighted by Gasteiger charge is -2.43. The number of nitrogens with zero attached hydrogens (tertiary/aromatic N) is 3. The number of aromatic nitrogens is 2. The Hall–Kier alpha value is -4.34. The number of ether oxygens (including phenoxy) is 3. The Balaban J connectivity index is 1.53. The quantitative estimate of drug-likeness (QED) is 0.544. The van der Waals surface area contributed by atoms with Gasteiger partial charge in [-0.3, -0.25) is 19.2 Å². The molecule has 10 nitrogen and oxygen atoms in total. The monoisotopic (exact) mass is 476 g/mol. The second-order valence-electron chi connectivity index (χ2n) is 8.41. The highest BCUT2D eigenvalue weighted by molar-refractivity contribution is 6.12. The fourth-order valence-electron chi connectivity index (χ4n) is 4.28. The van der Waals surface area contributed by atoms with E-state index in [2.05, 4.69) is 10.4 Å². The van der Waals surface area contributed by atoms with Crippen molar-refractivity contribution >= 4 is 23.5 Å². The highest BCUT2D eigenvalue weighted by atomic mass is 16.7. The summed E-state index contributed by atoms with van der Waals surface area (Å²) in [5, 5.41) is 7.21. The maximum absolute atomic E-state index is 13.8. The number of anilines is 1. The first kappa shape index (κ1) is 22.5. The minimum Gasteiger partial charge on any atom is -0.461 e. The minimum absolute atomic E-state index is 0.00906. The van der Waals surface area contributed by atoms with E-state index in [9.17, 15) is 14.4 Å². The molecule has 1 atom stereocenters. The van der Waals surface area contributed by atoms with Gasteiger partial charge in [-0.2, -0.15) is 5.10 Å². The van der Waals surface area contributed by atoms with E-state index in [1.165, 1.54) is 15.6 Å². The van der Waals surface area contributed by atoms with Crippen molar-refractivity contribution in [2.75, 3.05) is 18.3 Å². The first-order chi connectivity index (χ1) is 16.9. The fourth-order valence-corrected chi connectivity index (χ4v) is 4.28. The third kappa shape index (κ3) is 3.96. The van der Waals surface area contributed by atoms with Crippen LogP contribution >= 0.6 is 0 Å². The Morgan fingerprint density at radius 3 is 2.66 bits per heavy atom. The van der Waals surface area contributed by atoms with Crippen molar-refractivity contribution in [2.45, 2.75) is 32.5 Å². The molecule has 0 saturated heterocycles. The van der Waals surface area contributed by atoms with Crippen LogP contribution in [0.3, 0.4) is 0 Å². The molecule has 0 fully saturated rings. The molecule has 35 heavy (non-hydrogen) atoms. The van der Waals surface area contributed by atoms with Crippen molar-refractivity contribution in [1.82, 2.24) is 15.1 Å². The van der Waals surface area contributed by atoms with Crippen LogP contribution in [0.25, 0.3) is 0 Å². The van der Waals surface area contributed by atoms with Crippen LogP contribution in [0.2, 0.25) is 0 Å². The van der Waals surface area contributed by atoms with Gasteiger partial charge >= 0.3 is 5.97 Å². The predicted octanol–water partition coefficient (Wildman–Crippen LogP) is 2.52. The Kier molecular flexibility index (Phi) is 5.64. The SMILES string of the molecule is CCOC(=O)c1cc2n(n1)CC(C)(C(=O)NCc1ccccc1)N(c1ccc3c(c1)OCO3)C2=O. The Labute approximate surface area is 201 Å². The molecule has 2 aliphatic rings. The number of amides is 2. The maximum atomic E-state index is 13.8.